The van der Waals surface area contributed by atoms with E-state index in [4.69, 9.17) is 5.73 Å². The van der Waals surface area contributed by atoms with Crippen LogP contribution in [0.2, 0.25) is 0 Å². The number of nitrogen functional groups attached to an aromatic ring is 1. The second-order valence-corrected chi connectivity index (χ2v) is 4.19. The van der Waals surface area contributed by atoms with Crippen LogP contribution < -0.4 is 10.6 Å². The summed E-state index contributed by atoms with van der Waals surface area (Å²) in [6.45, 7) is 6.71. The zero-order valence-corrected chi connectivity index (χ0v) is 9.49. The van der Waals surface area contributed by atoms with Crippen molar-refractivity contribution in [3.8, 4) is 0 Å². The molecule has 0 aliphatic rings. The van der Waals surface area contributed by atoms with Gasteiger partial charge in [0, 0.05) is 24.5 Å². The minimum Gasteiger partial charge on any atom is -0.399 e. The molecular weight excluding hydrogens is 172 g/mol. The fourth-order valence-electron chi connectivity index (χ4n) is 1.39. The lowest BCUT2D eigenvalue weighted by Crippen LogP contribution is -2.33. The Kier molecular flexibility index (Phi) is 3.39. The third kappa shape index (κ3) is 2.41. The van der Waals surface area contributed by atoms with Gasteiger partial charge in [0.15, 0.2) is 0 Å². The zero-order chi connectivity index (χ0) is 10.7. The van der Waals surface area contributed by atoms with Gasteiger partial charge >= 0.3 is 0 Å². The topological polar surface area (TPSA) is 29.3 Å². The molecular formula is C12H20N2. The van der Waals surface area contributed by atoms with Crippen LogP contribution in [0.3, 0.4) is 0 Å². The summed E-state index contributed by atoms with van der Waals surface area (Å²) in [7, 11) is 2.12. The van der Waals surface area contributed by atoms with E-state index in [0.717, 1.165) is 5.69 Å². The van der Waals surface area contributed by atoms with Crippen LogP contribution in [0.25, 0.3) is 0 Å². The van der Waals surface area contributed by atoms with Crippen molar-refractivity contribution in [3.05, 3.63) is 24.3 Å². The van der Waals surface area contributed by atoms with Gasteiger partial charge < -0.3 is 10.6 Å². The Morgan fingerprint density at radius 2 is 1.57 bits per heavy atom. The monoisotopic (exact) mass is 192 g/mol. The molecule has 0 amide bonds. The minimum absolute atomic E-state index is 0.540. The average Bonchev–Trinajstić information content (AvgIpc) is 2.16. The molecule has 0 aromatic heterocycles. The van der Waals surface area contributed by atoms with E-state index in [-0.39, 0.29) is 0 Å². The average molecular weight is 192 g/mol. The fraction of sp³-hybridized carbons (Fsp3) is 0.500. The number of anilines is 2. The summed E-state index contributed by atoms with van der Waals surface area (Å²) >= 11 is 0. The van der Waals surface area contributed by atoms with E-state index in [9.17, 15) is 0 Å². The summed E-state index contributed by atoms with van der Waals surface area (Å²) in [5, 5.41) is 0. The molecule has 78 valence electrons. The summed E-state index contributed by atoms with van der Waals surface area (Å²) < 4.78 is 0. The molecule has 0 heterocycles. The van der Waals surface area contributed by atoms with Crippen LogP contribution in [0.5, 0.6) is 0 Å². The molecule has 1 aromatic carbocycles. The minimum atomic E-state index is 0.540. The van der Waals surface area contributed by atoms with Crippen LogP contribution in [0.4, 0.5) is 11.4 Å². The Hall–Kier alpha value is -1.18. The standard InChI is InChI=1S/C12H20N2/c1-9(2)10(3)14(4)12-7-5-11(13)6-8-12/h5-10H,13H2,1-4H3. The maximum atomic E-state index is 5.64. The quantitative estimate of drug-likeness (QED) is 0.746. The molecule has 0 aliphatic carbocycles. The fourth-order valence-corrected chi connectivity index (χ4v) is 1.39. The summed E-state index contributed by atoms with van der Waals surface area (Å²) in [6, 6.07) is 8.55. The third-order valence-electron chi connectivity index (χ3n) is 2.88. The van der Waals surface area contributed by atoms with Gasteiger partial charge in [0.25, 0.3) is 0 Å². The van der Waals surface area contributed by atoms with Gasteiger partial charge in [-0.2, -0.15) is 0 Å². The molecule has 0 fully saturated rings. The van der Waals surface area contributed by atoms with E-state index in [0.29, 0.717) is 12.0 Å². The molecule has 1 rings (SSSR count). The van der Waals surface area contributed by atoms with Gasteiger partial charge in [0.05, 0.1) is 0 Å². The number of nitrogens with zero attached hydrogens (tertiary/aromatic N) is 1. The van der Waals surface area contributed by atoms with Crippen LogP contribution in [0.1, 0.15) is 20.8 Å². The molecule has 0 spiro atoms. The summed E-state index contributed by atoms with van der Waals surface area (Å²) in [5.74, 6) is 0.651. The van der Waals surface area contributed by atoms with Crippen molar-refractivity contribution in [1.82, 2.24) is 0 Å². The highest BCUT2D eigenvalue weighted by Crippen LogP contribution is 2.19. The van der Waals surface area contributed by atoms with Gasteiger partial charge in [-0.15, -0.1) is 0 Å². The molecule has 0 aliphatic heterocycles. The predicted octanol–water partition coefficient (Wildman–Crippen LogP) is 2.75. The molecule has 14 heavy (non-hydrogen) atoms. The van der Waals surface area contributed by atoms with Gasteiger partial charge in [0.2, 0.25) is 0 Å². The number of nitrogens with two attached hydrogens (primary N) is 1. The molecule has 2 nitrogen and oxygen atoms in total. The van der Waals surface area contributed by atoms with Crippen molar-refractivity contribution in [2.24, 2.45) is 5.92 Å². The van der Waals surface area contributed by atoms with E-state index in [1.807, 2.05) is 12.1 Å². The molecule has 1 atom stereocenters. The number of benzene rings is 1. The first-order valence-electron chi connectivity index (χ1n) is 5.10. The van der Waals surface area contributed by atoms with Crippen LogP contribution in [-0.4, -0.2) is 13.1 Å². The van der Waals surface area contributed by atoms with Crippen molar-refractivity contribution < 1.29 is 0 Å². The van der Waals surface area contributed by atoms with Crippen molar-refractivity contribution in [3.63, 3.8) is 0 Å². The Balaban J connectivity index is 2.78. The van der Waals surface area contributed by atoms with Gasteiger partial charge in [-0.25, -0.2) is 0 Å². The van der Waals surface area contributed by atoms with E-state index in [2.05, 4.69) is 44.9 Å². The van der Waals surface area contributed by atoms with Crippen molar-refractivity contribution in [1.29, 1.82) is 0 Å². The number of hydrogen-bond donors (Lipinski definition) is 1. The Morgan fingerprint density at radius 3 is 2.00 bits per heavy atom. The number of rotatable bonds is 3. The lowest BCUT2D eigenvalue weighted by molar-refractivity contribution is 0.505. The lowest BCUT2D eigenvalue weighted by atomic mass is 10.0. The van der Waals surface area contributed by atoms with Crippen LogP contribution in [-0.2, 0) is 0 Å². The molecule has 1 unspecified atom stereocenters. The van der Waals surface area contributed by atoms with Crippen molar-refractivity contribution in [2.75, 3.05) is 17.7 Å². The molecule has 0 saturated heterocycles. The first-order chi connectivity index (χ1) is 6.52. The normalized spacial score (nSPS) is 12.9. The second kappa shape index (κ2) is 4.36. The van der Waals surface area contributed by atoms with Gasteiger partial charge in [-0.05, 0) is 37.1 Å². The first kappa shape index (κ1) is 10.9. The summed E-state index contributed by atoms with van der Waals surface area (Å²) in [5.41, 5.74) is 7.69. The first-order valence-corrected chi connectivity index (χ1v) is 5.10. The van der Waals surface area contributed by atoms with Crippen molar-refractivity contribution >= 4 is 11.4 Å². The summed E-state index contributed by atoms with van der Waals surface area (Å²) in [4.78, 5) is 2.28. The van der Waals surface area contributed by atoms with Crippen LogP contribution in [0, 0.1) is 5.92 Å². The second-order valence-electron chi connectivity index (χ2n) is 4.19. The highest BCUT2D eigenvalue weighted by atomic mass is 15.1. The maximum absolute atomic E-state index is 5.64. The largest absolute Gasteiger partial charge is 0.399 e. The molecule has 0 saturated carbocycles. The highest BCUT2D eigenvalue weighted by Gasteiger charge is 2.12. The molecule has 2 N–H and O–H groups in total. The van der Waals surface area contributed by atoms with E-state index in [1.165, 1.54) is 5.69 Å². The lowest BCUT2D eigenvalue weighted by Gasteiger charge is -2.30. The van der Waals surface area contributed by atoms with Crippen molar-refractivity contribution in [2.45, 2.75) is 26.8 Å². The van der Waals surface area contributed by atoms with Crippen LogP contribution in [0.15, 0.2) is 24.3 Å². The Bertz CT molecular complexity index is 277. The SMILES string of the molecule is CC(C)C(C)N(C)c1ccc(N)cc1. The zero-order valence-electron chi connectivity index (χ0n) is 9.49. The maximum Gasteiger partial charge on any atom is 0.0367 e. The Labute approximate surface area is 86.7 Å². The van der Waals surface area contributed by atoms with E-state index >= 15 is 0 Å². The third-order valence-corrected chi connectivity index (χ3v) is 2.88. The van der Waals surface area contributed by atoms with Gasteiger partial charge in [0.1, 0.15) is 0 Å². The Morgan fingerprint density at radius 1 is 1.07 bits per heavy atom. The molecule has 1 aromatic rings. The smallest absolute Gasteiger partial charge is 0.0367 e. The van der Waals surface area contributed by atoms with E-state index < -0.39 is 0 Å². The van der Waals surface area contributed by atoms with E-state index in [1.54, 1.807) is 0 Å². The van der Waals surface area contributed by atoms with Gasteiger partial charge in [-0.1, -0.05) is 13.8 Å². The molecule has 2 heteroatoms. The predicted molar refractivity (Wildman–Crippen MR) is 63.6 cm³/mol. The summed E-state index contributed by atoms with van der Waals surface area (Å²) in [6.07, 6.45) is 0. The van der Waals surface area contributed by atoms with Gasteiger partial charge in [-0.3, -0.25) is 0 Å². The van der Waals surface area contributed by atoms with Crippen LogP contribution >= 0.6 is 0 Å². The molecule has 0 bridgehead atoms. The molecule has 0 radical (unpaired) electrons. The highest BCUT2D eigenvalue weighted by molar-refractivity contribution is 5.53. The number of hydrogen-bond acceptors (Lipinski definition) is 2.